The van der Waals surface area contributed by atoms with Crippen molar-refractivity contribution in [1.82, 2.24) is 15.1 Å². The van der Waals surface area contributed by atoms with Gasteiger partial charge in [0.15, 0.2) is 0 Å². The summed E-state index contributed by atoms with van der Waals surface area (Å²) in [4.78, 5) is 13.6. The van der Waals surface area contributed by atoms with Gasteiger partial charge in [0, 0.05) is 17.8 Å². The van der Waals surface area contributed by atoms with Gasteiger partial charge in [-0.3, -0.25) is 14.8 Å². The summed E-state index contributed by atoms with van der Waals surface area (Å²) in [7, 11) is 0. The number of hydrogen-bond acceptors (Lipinski definition) is 3. The molecule has 20 heavy (non-hydrogen) atoms. The quantitative estimate of drug-likeness (QED) is 0.890. The molecule has 1 saturated heterocycles. The second-order valence-electron chi connectivity index (χ2n) is 5.64. The average molecular weight is 272 g/mol. The van der Waals surface area contributed by atoms with Crippen molar-refractivity contribution in [2.75, 3.05) is 13.1 Å². The number of aryl methyl sites for hydroxylation is 1. The van der Waals surface area contributed by atoms with Gasteiger partial charge in [-0.05, 0) is 50.6 Å². The molecule has 5 nitrogen and oxygen atoms in total. The van der Waals surface area contributed by atoms with Gasteiger partial charge in [-0.1, -0.05) is 6.07 Å². The van der Waals surface area contributed by atoms with Crippen molar-refractivity contribution < 1.29 is 4.79 Å². The fourth-order valence-electron chi connectivity index (χ4n) is 2.92. The number of amides is 1. The number of carbonyl (C=O) groups is 1. The number of nitrogens with zero attached hydrogens (tertiary/aromatic N) is 2. The lowest BCUT2D eigenvalue weighted by Crippen LogP contribution is -2.38. The van der Waals surface area contributed by atoms with Gasteiger partial charge in [-0.15, -0.1) is 0 Å². The Bertz CT molecular complexity index is 626. The number of likely N-dealkylation sites (tertiary alicyclic amines) is 1. The van der Waals surface area contributed by atoms with Crippen LogP contribution in [0.15, 0.2) is 18.2 Å². The van der Waals surface area contributed by atoms with E-state index in [9.17, 15) is 4.79 Å². The van der Waals surface area contributed by atoms with Crippen molar-refractivity contribution in [3.63, 3.8) is 0 Å². The Morgan fingerprint density at radius 2 is 2.20 bits per heavy atom. The van der Waals surface area contributed by atoms with E-state index < -0.39 is 0 Å². The van der Waals surface area contributed by atoms with E-state index in [1.165, 1.54) is 10.9 Å². The number of piperidine rings is 1. The van der Waals surface area contributed by atoms with Gasteiger partial charge >= 0.3 is 0 Å². The maximum atomic E-state index is 11.2. The maximum absolute atomic E-state index is 11.2. The van der Waals surface area contributed by atoms with Crippen LogP contribution in [-0.4, -0.2) is 34.1 Å². The van der Waals surface area contributed by atoms with E-state index in [0.717, 1.165) is 43.7 Å². The summed E-state index contributed by atoms with van der Waals surface area (Å²) in [6, 6.07) is 6.43. The second-order valence-corrected chi connectivity index (χ2v) is 5.64. The zero-order valence-electron chi connectivity index (χ0n) is 11.7. The summed E-state index contributed by atoms with van der Waals surface area (Å²) in [6.45, 7) is 4.82. The van der Waals surface area contributed by atoms with Gasteiger partial charge in [-0.2, -0.15) is 5.10 Å². The van der Waals surface area contributed by atoms with Crippen LogP contribution < -0.4 is 5.73 Å². The van der Waals surface area contributed by atoms with Crippen LogP contribution in [-0.2, 0) is 11.3 Å². The molecule has 0 unspecified atom stereocenters. The molecule has 3 N–H and O–H groups in total. The molecule has 3 rings (SSSR count). The molecular weight excluding hydrogens is 252 g/mol. The highest BCUT2D eigenvalue weighted by Gasteiger charge is 2.22. The molecule has 1 aliphatic heterocycles. The SMILES string of the molecule is Cc1n[nH]c2ccc(CN3CCC(C(N)=O)CC3)cc12. The number of aromatic amines is 1. The van der Waals surface area contributed by atoms with Crippen molar-refractivity contribution in [2.24, 2.45) is 11.7 Å². The molecule has 0 bridgehead atoms. The third-order valence-electron chi connectivity index (χ3n) is 4.21. The third kappa shape index (κ3) is 2.54. The minimum absolute atomic E-state index is 0.0600. The topological polar surface area (TPSA) is 75.0 Å². The molecule has 5 heteroatoms. The van der Waals surface area contributed by atoms with Gasteiger partial charge in [0.2, 0.25) is 5.91 Å². The maximum Gasteiger partial charge on any atom is 0.220 e. The van der Waals surface area contributed by atoms with Crippen LogP contribution in [0.1, 0.15) is 24.1 Å². The Kier molecular flexibility index (Phi) is 3.44. The number of fused-ring (bicyclic) bond motifs is 1. The Morgan fingerprint density at radius 1 is 1.45 bits per heavy atom. The van der Waals surface area contributed by atoms with Gasteiger partial charge in [-0.25, -0.2) is 0 Å². The first kappa shape index (κ1) is 13.1. The number of aromatic nitrogens is 2. The summed E-state index contributed by atoms with van der Waals surface area (Å²) in [5.74, 6) is -0.0926. The zero-order chi connectivity index (χ0) is 14.1. The van der Waals surface area contributed by atoms with Gasteiger partial charge in [0.05, 0.1) is 11.2 Å². The van der Waals surface area contributed by atoms with Crippen LogP contribution in [0.2, 0.25) is 0 Å². The first-order valence-corrected chi connectivity index (χ1v) is 7.09. The largest absolute Gasteiger partial charge is 0.369 e. The van der Waals surface area contributed by atoms with E-state index in [1.807, 2.05) is 6.92 Å². The molecule has 2 aromatic rings. The smallest absolute Gasteiger partial charge is 0.220 e. The fraction of sp³-hybridized carbons (Fsp3) is 0.467. The summed E-state index contributed by atoms with van der Waals surface area (Å²) in [5.41, 5.74) is 8.77. The molecule has 1 aromatic heterocycles. The molecule has 0 atom stereocenters. The Balaban J connectivity index is 1.68. The van der Waals surface area contributed by atoms with E-state index in [-0.39, 0.29) is 11.8 Å². The van der Waals surface area contributed by atoms with E-state index in [4.69, 9.17) is 5.73 Å². The highest BCUT2D eigenvalue weighted by molar-refractivity contribution is 5.81. The van der Waals surface area contributed by atoms with Crippen LogP contribution in [0.3, 0.4) is 0 Å². The minimum atomic E-state index is -0.153. The molecule has 1 fully saturated rings. The van der Waals surface area contributed by atoms with Crippen LogP contribution >= 0.6 is 0 Å². The van der Waals surface area contributed by atoms with E-state index in [0.29, 0.717) is 0 Å². The molecule has 0 aliphatic carbocycles. The molecule has 2 heterocycles. The summed E-state index contributed by atoms with van der Waals surface area (Å²) in [6.07, 6.45) is 1.75. The molecule has 0 radical (unpaired) electrons. The molecule has 1 aliphatic rings. The van der Waals surface area contributed by atoms with Crippen molar-refractivity contribution >= 4 is 16.8 Å². The number of H-pyrrole nitrogens is 1. The van der Waals surface area contributed by atoms with Gasteiger partial charge < -0.3 is 5.73 Å². The number of primary amides is 1. The van der Waals surface area contributed by atoms with E-state index in [1.54, 1.807) is 0 Å². The molecular formula is C15H20N4O. The number of nitrogens with one attached hydrogen (secondary N) is 1. The van der Waals surface area contributed by atoms with Gasteiger partial charge in [0.1, 0.15) is 0 Å². The number of hydrogen-bond donors (Lipinski definition) is 2. The summed E-state index contributed by atoms with van der Waals surface area (Å²) in [5, 5.41) is 8.43. The second kappa shape index (κ2) is 5.25. The minimum Gasteiger partial charge on any atom is -0.369 e. The zero-order valence-corrected chi connectivity index (χ0v) is 11.7. The Hall–Kier alpha value is -1.88. The van der Waals surface area contributed by atoms with Crippen LogP contribution in [0.25, 0.3) is 10.9 Å². The van der Waals surface area contributed by atoms with Crippen LogP contribution in [0.4, 0.5) is 0 Å². The summed E-state index contributed by atoms with van der Waals surface area (Å²) < 4.78 is 0. The first-order valence-electron chi connectivity index (χ1n) is 7.09. The summed E-state index contributed by atoms with van der Waals surface area (Å²) >= 11 is 0. The highest BCUT2D eigenvalue weighted by atomic mass is 16.1. The van der Waals surface area contributed by atoms with Crippen molar-refractivity contribution in [1.29, 1.82) is 0 Å². The molecule has 0 saturated carbocycles. The fourth-order valence-corrected chi connectivity index (χ4v) is 2.92. The Morgan fingerprint density at radius 3 is 2.90 bits per heavy atom. The predicted octanol–water partition coefficient (Wildman–Crippen LogP) is 1.57. The standard InChI is InChI=1S/C15H20N4O/c1-10-13-8-11(2-3-14(13)18-17-10)9-19-6-4-12(5-7-19)15(16)20/h2-3,8,12H,4-7,9H2,1H3,(H2,16,20)(H,17,18). The first-order chi connectivity index (χ1) is 9.63. The number of nitrogens with two attached hydrogens (primary N) is 1. The number of benzene rings is 1. The molecule has 1 aromatic carbocycles. The van der Waals surface area contributed by atoms with E-state index >= 15 is 0 Å². The lowest BCUT2D eigenvalue weighted by Gasteiger charge is -2.30. The van der Waals surface area contributed by atoms with E-state index in [2.05, 4.69) is 33.3 Å². The van der Waals surface area contributed by atoms with Crippen LogP contribution in [0.5, 0.6) is 0 Å². The average Bonchev–Trinajstić information content (AvgIpc) is 2.81. The van der Waals surface area contributed by atoms with Crippen molar-refractivity contribution in [3.8, 4) is 0 Å². The lowest BCUT2D eigenvalue weighted by atomic mass is 9.96. The molecule has 1 amide bonds. The van der Waals surface area contributed by atoms with Crippen LogP contribution in [0, 0.1) is 12.8 Å². The normalized spacial score (nSPS) is 17.6. The highest BCUT2D eigenvalue weighted by Crippen LogP contribution is 2.21. The number of carbonyl (C=O) groups excluding carboxylic acids is 1. The predicted molar refractivity (Wildman–Crippen MR) is 78.0 cm³/mol. The third-order valence-corrected chi connectivity index (χ3v) is 4.21. The number of rotatable bonds is 3. The van der Waals surface area contributed by atoms with Gasteiger partial charge in [0.25, 0.3) is 0 Å². The van der Waals surface area contributed by atoms with Crippen molar-refractivity contribution in [3.05, 3.63) is 29.5 Å². The monoisotopic (exact) mass is 272 g/mol. The molecule has 106 valence electrons. The lowest BCUT2D eigenvalue weighted by molar-refractivity contribution is -0.123. The van der Waals surface area contributed by atoms with Crippen molar-refractivity contribution in [2.45, 2.75) is 26.3 Å². The molecule has 0 spiro atoms. The Labute approximate surface area is 118 Å².